The van der Waals surface area contributed by atoms with Crippen LogP contribution in [-0.4, -0.2) is 39.3 Å². The van der Waals surface area contributed by atoms with E-state index in [2.05, 4.69) is 15.6 Å². The van der Waals surface area contributed by atoms with Crippen LogP contribution < -0.4 is 10.6 Å². The number of rotatable bonds is 4. The van der Waals surface area contributed by atoms with E-state index in [1.165, 1.54) is 0 Å². The van der Waals surface area contributed by atoms with Gasteiger partial charge in [-0.2, -0.15) is 0 Å². The van der Waals surface area contributed by atoms with E-state index in [-0.39, 0.29) is 5.91 Å². The molecule has 5 rings (SSSR count). The Labute approximate surface area is 183 Å². The van der Waals surface area contributed by atoms with E-state index in [1.54, 1.807) is 24.3 Å². The number of nitrogens with zero attached hydrogens (tertiary/aromatic N) is 2. The smallest absolute Gasteiger partial charge is 0.324 e. The van der Waals surface area contributed by atoms with Crippen molar-refractivity contribution in [2.45, 2.75) is 44.2 Å². The maximum Gasteiger partial charge on any atom is 0.325 e. The molecule has 0 radical (unpaired) electrons. The molecular weight excluding hydrogens is 412 g/mol. The number of nitrogens with one attached hydrogen (secondary N) is 2. The van der Waals surface area contributed by atoms with Gasteiger partial charge in [-0.1, -0.05) is 37.1 Å². The summed E-state index contributed by atoms with van der Waals surface area (Å²) in [7, 11) is 0. The number of carbonyl (C=O) groups is 3. The van der Waals surface area contributed by atoms with Crippen LogP contribution in [0.2, 0.25) is 0 Å². The van der Waals surface area contributed by atoms with Crippen molar-refractivity contribution in [2.75, 3.05) is 5.32 Å². The number of benzene rings is 2. The zero-order valence-corrected chi connectivity index (χ0v) is 17.9. The molecule has 1 saturated heterocycles. The third-order valence-electron chi connectivity index (χ3n) is 6.09. The Bertz CT molecular complexity index is 1170. The molecule has 1 atom stereocenters. The van der Waals surface area contributed by atoms with E-state index < -0.39 is 23.5 Å². The topological polar surface area (TPSA) is 91.4 Å². The average Bonchev–Trinajstić information content (AvgIpc) is 3.46. The Balaban J connectivity index is 1.34. The molecule has 3 aromatic rings. The summed E-state index contributed by atoms with van der Waals surface area (Å²) in [6, 6.07) is 14.0. The molecule has 1 unspecified atom stereocenters. The first-order chi connectivity index (χ1) is 15.0. The van der Waals surface area contributed by atoms with Gasteiger partial charge in [-0.3, -0.25) is 9.59 Å². The van der Waals surface area contributed by atoms with E-state index in [9.17, 15) is 14.4 Å². The summed E-state index contributed by atoms with van der Waals surface area (Å²) in [4.78, 5) is 44.0. The number of amides is 4. The summed E-state index contributed by atoms with van der Waals surface area (Å²) in [5, 5.41) is 6.53. The molecule has 2 heterocycles. The van der Waals surface area contributed by atoms with Gasteiger partial charge in [0.05, 0.1) is 10.2 Å². The van der Waals surface area contributed by atoms with Crippen LogP contribution >= 0.6 is 11.3 Å². The average molecular weight is 435 g/mol. The highest BCUT2D eigenvalue weighted by atomic mass is 32.1. The number of urea groups is 1. The fourth-order valence-electron chi connectivity index (χ4n) is 4.40. The molecule has 1 spiro atoms. The highest BCUT2D eigenvalue weighted by Gasteiger charge is 2.54. The largest absolute Gasteiger partial charge is 0.325 e. The van der Waals surface area contributed by atoms with E-state index in [1.807, 2.05) is 42.5 Å². The summed E-state index contributed by atoms with van der Waals surface area (Å²) in [6.45, 7) is 1.58. The molecule has 4 amide bonds. The molecule has 31 heavy (non-hydrogen) atoms. The van der Waals surface area contributed by atoms with Gasteiger partial charge in [-0.05, 0) is 44.0 Å². The third kappa shape index (κ3) is 3.37. The van der Waals surface area contributed by atoms with Crippen molar-refractivity contribution < 1.29 is 14.4 Å². The molecule has 7 nitrogen and oxygen atoms in total. The highest BCUT2D eigenvalue weighted by Crippen LogP contribution is 2.36. The van der Waals surface area contributed by atoms with Crippen LogP contribution in [0.25, 0.3) is 20.8 Å². The van der Waals surface area contributed by atoms with Crippen molar-refractivity contribution >= 4 is 45.1 Å². The Hall–Kier alpha value is -3.26. The Kier molecular flexibility index (Phi) is 4.74. The van der Waals surface area contributed by atoms with Gasteiger partial charge in [0.1, 0.15) is 16.6 Å². The van der Waals surface area contributed by atoms with Crippen LogP contribution in [0.1, 0.15) is 32.6 Å². The van der Waals surface area contributed by atoms with Crippen molar-refractivity contribution in [1.82, 2.24) is 15.2 Å². The van der Waals surface area contributed by atoms with E-state index in [0.717, 1.165) is 38.5 Å². The number of imide groups is 1. The first-order valence-electron chi connectivity index (χ1n) is 10.4. The second-order valence-corrected chi connectivity index (χ2v) is 9.16. The molecular formula is C23H22N4O3S. The van der Waals surface area contributed by atoms with E-state index in [0.29, 0.717) is 18.5 Å². The van der Waals surface area contributed by atoms with Crippen molar-refractivity contribution in [2.24, 2.45) is 0 Å². The van der Waals surface area contributed by atoms with Crippen LogP contribution in [0.3, 0.4) is 0 Å². The van der Waals surface area contributed by atoms with Crippen LogP contribution in [0.5, 0.6) is 0 Å². The summed E-state index contributed by atoms with van der Waals surface area (Å²) >= 11 is 1.59. The highest BCUT2D eigenvalue weighted by molar-refractivity contribution is 7.21. The van der Waals surface area contributed by atoms with Gasteiger partial charge in [0, 0.05) is 11.3 Å². The second kappa shape index (κ2) is 7.46. The van der Waals surface area contributed by atoms with Crippen molar-refractivity contribution in [3.8, 4) is 10.6 Å². The van der Waals surface area contributed by atoms with Gasteiger partial charge in [0.2, 0.25) is 5.91 Å². The van der Waals surface area contributed by atoms with Gasteiger partial charge >= 0.3 is 6.03 Å². The summed E-state index contributed by atoms with van der Waals surface area (Å²) in [6.07, 6.45) is 3.07. The fraction of sp³-hybridized carbons (Fsp3) is 0.304. The molecule has 1 aliphatic heterocycles. The molecule has 1 aliphatic carbocycles. The lowest BCUT2D eigenvalue weighted by Gasteiger charge is -2.23. The minimum atomic E-state index is -0.904. The lowest BCUT2D eigenvalue weighted by atomic mass is 9.97. The zero-order valence-electron chi connectivity index (χ0n) is 17.1. The quantitative estimate of drug-likeness (QED) is 0.604. The summed E-state index contributed by atoms with van der Waals surface area (Å²) in [5.41, 5.74) is 1.60. The molecule has 2 aromatic carbocycles. The normalized spacial score (nSPS) is 18.5. The fourth-order valence-corrected chi connectivity index (χ4v) is 5.36. The van der Waals surface area contributed by atoms with Crippen LogP contribution in [0.4, 0.5) is 10.5 Å². The van der Waals surface area contributed by atoms with E-state index in [4.69, 9.17) is 0 Å². The number of para-hydroxylation sites is 1. The van der Waals surface area contributed by atoms with Gasteiger partial charge < -0.3 is 10.6 Å². The number of hydrogen-bond acceptors (Lipinski definition) is 5. The Morgan fingerprint density at radius 3 is 2.71 bits per heavy atom. The monoisotopic (exact) mass is 434 g/mol. The second-order valence-electron chi connectivity index (χ2n) is 8.13. The Morgan fingerprint density at radius 1 is 1.16 bits per heavy atom. The van der Waals surface area contributed by atoms with Crippen molar-refractivity contribution in [3.63, 3.8) is 0 Å². The number of fused-ring (bicyclic) bond motifs is 1. The van der Waals surface area contributed by atoms with E-state index >= 15 is 0 Å². The first-order valence-corrected chi connectivity index (χ1v) is 11.2. The van der Waals surface area contributed by atoms with Crippen LogP contribution in [0, 0.1) is 0 Å². The maximum absolute atomic E-state index is 12.9. The number of anilines is 1. The number of carbonyl (C=O) groups excluding carboxylic acids is 3. The van der Waals surface area contributed by atoms with Crippen LogP contribution in [0.15, 0.2) is 48.5 Å². The third-order valence-corrected chi connectivity index (χ3v) is 7.17. The first kappa shape index (κ1) is 19.7. The lowest BCUT2D eigenvalue weighted by molar-refractivity contribution is -0.136. The minimum absolute atomic E-state index is 0.291. The molecule has 1 saturated carbocycles. The SMILES string of the molecule is CC(C(=O)Nc1cccc(-c2nc3ccccc3s2)c1)N1C(=O)NC2(CCCC2)C1=O. The van der Waals surface area contributed by atoms with Gasteiger partial charge in [-0.15, -0.1) is 11.3 Å². The molecule has 8 heteroatoms. The zero-order chi connectivity index (χ0) is 21.6. The maximum atomic E-state index is 12.9. The summed E-state index contributed by atoms with van der Waals surface area (Å²) < 4.78 is 1.10. The van der Waals surface area contributed by atoms with Crippen molar-refractivity contribution in [3.05, 3.63) is 48.5 Å². The predicted octanol–water partition coefficient (Wildman–Crippen LogP) is 4.15. The van der Waals surface area contributed by atoms with Crippen molar-refractivity contribution in [1.29, 1.82) is 0 Å². The number of thiazole rings is 1. The lowest BCUT2D eigenvalue weighted by Crippen LogP contribution is -2.48. The molecule has 2 aliphatic rings. The molecule has 2 N–H and O–H groups in total. The molecule has 0 bridgehead atoms. The van der Waals surface area contributed by atoms with Gasteiger partial charge in [0.15, 0.2) is 0 Å². The van der Waals surface area contributed by atoms with Crippen LogP contribution in [-0.2, 0) is 9.59 Å². The molecule has 158 valence electrons. The standard InChI is InChI=1S/C23H22N4O3S/c1-14(27-21(29)23(26-22(27)30)11-4-5-12-23)19(28)24-16-8-6-7-15(13-16)20-25-17-9-2-3-10-18(17)31-20/h2-3,6-10,13-14H,4-5,11-12H2,1H3,(H,24,28)(H,26,30). The summed E-state index contributed by atoms with van der Waals surface area (Å²) in [5.74, 6) is -0.694. The van der Waals surface area contributed by atoms with Gasteiger partial charge in [0.25, 0.3) is 5.91 Å². The number of aromatic nitrogens is 1. The predicted molar refractivity (Wildman–Crippen MR) is 120 cm³/mol. The molecule has 2 fully saturated rings. The Morgan fingerprint density at radius 2 is 1.94 bits per heavy atom. The minimum Gasteiger partial charge on any atom is -0.324 e. The molecule has 1 aromatic heterocycles. The van der Waals surface area contributed by atoms with Gasteiger partial charge in [-0.25, -0.2) is 14.7 Å². The number of hydrogen-bond donors (Lipinski definition) is 2.